The van der Waals surface area contributed by atoms with E-state index in [4.69, 9.17) is 0 Å². The Morgan fingerprint density at radius 2 is 1.68 bits per heavy atom. The first-order valence-electron chi connectivity index (χ1n) is 10.2. The third-order valence-electron chi connectivity index (χ3n) is 5.26. The van der Waals surface area contributed by atoms with E-state index >= 15 is 0 Å². The third kappa shape index (κ3) is 6.72. The van der Waals surface area contributed by atoms with Crippen molar-refractivity contribution < 1.29 is 23.5 Å². The first kappa shape index (κ1) is 23.1. The van der Waals surface area contributed by atoms with Gasteiger partial charge in [-0.3, -0.25) is 28.9 Å². The molecule has 1 aliphatic heterocycles. The monoisotopic (exact) mass is 417 g/mol. The highest BCUT2D eigenvalue weighted by molar-refractivity contribution is 8.22. The molecule has 4 N–H and O–H groups in total. The normalized spacial score (nSPS) is 23.5. The first-order chi connectivity index (χ1) is 13.0. The van der Waals surface area contributed by atoms with Gasteiger partial charge in [0.2, 0.25) is 11.7 Å². The Labute approximate surface area is 169 Å². The molecule has 0 aromatic carbocycles. The SMILES string of the molecule is CC(C)(C)CC(NC(=O)C1CCCCCC1)C(=O)C(=O)NN1CCCS1(O)O. The number of hydrogen-bond donors (Lipinski definition) is 4. The van der Waals surface area contributed by atoms with Gasteiger partial charge < -0.3 is 5.32 Å². The quantitative estimate of drug-likeness (QED) is 0.390. The highest BCUT2D eigenvalue weighted by Crippen LogP contribution is 2.46. The summed E-state index contributed by atoms with van der Waals surface area (Å²) in [6.45, 7) is 6.11. The van der Waals surface area contributed by atoms with Crippen molar-refractivity contribution in [2.75, 3.05) is 12.3 Å². The van der Waals surface area contributed by atoms with Crippen LogP contribution < -0.4 is 10.7 Å². The summed E-state index contributed by atoms with van der Waals surface area (Å²) in [5.41, 5.74) is 2.06. The van der Waals surface area contributed by atoms with E-state index < -0.39 is 28.5 Å². The van der Waals surface area contributed by atoms with Gasteiger partial charge in [0.15, 0.2) is 0 Å². The second-order valence-corrected chi connectivity index (χ2v) is 11.2. The van der Waals surface area contributed by atoms with Gasteiger partial charge in [0.25, 0.3) is 0 Å². The molecule has 1 unspecified atom stereocenters. The Balaban J connectivity index is 2.05. The summed E-state index contributed by atoms with van der Waals surface area (Å²) >= 11 is 0. The maximum Gasteiger partial charge on any atom is 0.305 e. The fourth-order valence-electron chi connectivity index (χ4n) is 3.77. The summed E-state index contributed by atoms with van der Waals surface area (Å²) in [5.74, 6) is -1.78. The van der Waals surface area contributed by atoms with Gasteiger partial charge in [-0.15, -0.1) is 15.2 Å². The van der Waals surface area contributed by atoms with Crippen LogP contribution in [-0.2, 0) is 14.4 Å². The van der Waals surface area contributed by atoms with Crippen LogP contribution in [-0.4, -0.2) is 49.5 Å². The smallest absolute Gasteiger partial charge is 0.305 e. The van der Waals surface area contributed by atoms with Gasteiger partial charge in [-0.05, 0) is 31.1 Å². The molecule has 28 heavy (non-hydrogen) atoms. The number of nitrogens with one attached hydrogen (secondary N) is 2. The number of rotatable bonds is 6. The molecule has 1 heterocycles. The summed E-state index contributed by atoms with van der Waals surface area (Å²) in [6.07, 6.45) is 6.73. The van der Waals surface area contributed by atoms with E-state index in [1.165, 1.54) is 0 Å². The molecule has 2 rings (SSSR count). The molecule has 1 saturated carbocycles. The van der Waals surface area contributed by atoms with E-state index in [9.17, 15) is 23.5 Å². The summed E-state index contributed by atoms with van der Waals surface area (Å²) < 4.78 is 20.9. The molecule has 162 valence electrons. The van der Waals surface area contributed by atoms with E-state index in [2.05, 4.69) is 10.7 Å². The lowest BCUT2D eigenvalue weighted by Crippen LogP contribution is -2.53. The minimum atomic E-state index is -3.06. The average molecular weight is 418 g/mol. The molecule has 0 radical (unpaired) electrons. The molecule has 2 fully saturated rings. The van der Waals surface area contributed by atoms with Crippen LogP contribution in [0.3, 0.4) is 0 Å². The van der Waals surface area contributed by atoms with Crippen LogP contribution in [0.25, 0.3) is 0 Å². The second kappa shape index (κ2) is 9.56. The van der Waals surface area contributed by atoms with Crippen molar-refractivity contribution in [3.8, 4) is 0 Å². The topological polar surface area (TPSA) is 119 Å². The zero-order chi connectivity index (χ0) is 20.9. The molecule has 0 aromatic heterocycles. The lowest BCUT2D eigenvalue weighted by Gasteiger charge is -2.36. The van der Waals surface area contributed by atoms with E-state index in [0.29, 0.717) is 12.8 Å². The summed E-state index contributed by atoms with van der Waals surface area (Å²) in [6, 6.07) is -0.930. The standard InChI is InChI=1S/C19H35N3O5S/c1-19(2,3)13-15(20-17(24)14-9-6-4-5-7-10-14)16(23)18(25)21-22-11-8-12-28(22,26)27/h14-15,26-27H,4-13H2,1-3H3,(H,20,24)(H,21,25). The number of amides is 2. The Morgan fingerprint density at radius 3 is 2.18 bits per heavy atom. The number of carbonyl (C=O) groups is 3. The highest BCUT2D eigenvalue weighted by atomic mass is 32.3. The molecular weight excluding hydrogens is 382 g/mol. The minimum absolute atomic E-state index is 0.119. The van der Waals surface area contributed by atoms with Crippen LogP contribution in [0.2, 0.25) is 0 Å². The molecule has 1 aliphatic carbocycles. The largest absolute Gasteiger partial charge is 0.345 e. The van der Waals surface area contributed by atoms with E-state index in [1.54, 1.807) is 0 Å². The van der Waals surface area contributed by atoms with Gasteiger partial charge >= 0.3 is 5.91 Å². The average Bonchev–Trinajstić information content (AvgIpc) is 2.79. The molecule has 9 heteroatoms. The summed E-state index contributed by atoms with van der Waals surface area (Å²) in [5, 5.41) is 2.81. The maximum absolute atomic E-state index is 12.8. The van der Waals surface area contributed by atoms with Crippen molar-refractivity contribution in [1.82, 2.24) is 15.2 Å². The molecule has 1 saturated heterocycles. The zero-order valence-electron chi connectivity index (χ0n) is 17.2. The van der Waals surface area contributed by atoms with Crippen molar-refractivity contribution in [1.29, 1.82) is 0 Å². The highest BCUT2D eigenvalue weighted by Gasteiger charge is 2.36. The van der Waals surface area contributed by atoms with Crippen molar-refractivity contribution in [3.63, 3.8) is 0 Å². The molecule has 2 aliphatic rings. The summed E-state index contributed by atoms with van der Waals surface area (Å²) in [4.78, 5) is 38.0. The van der Waals surface area contributed by atoms with Crippen molar-refractivity contribution in [2.24, 2.45) is 11.3 Å². The predicted octanol–water partition coefficient (Wildman–Crippen LogP) is 2.85. The first-order valence-corrected chi connectivity index (χ1v) is 11.9. The minimum Gasteiger partial charge on any atom is -0.345 e. The van der Waals surface area contributed by atoms with Crippen molar-refractivity contribution >= 4 is 28.4 Å². The van der Waals surface area contributed by atoms with Crippen molar-refractivity contribution in [2.45, 2.75) is 78.2 Å². The van der Waals surface area contributed by atoms with E-state index in [1.807, 2.05) is 20.8 Å². The Bertz CT molecular complexity index is 583. The van der Waals surface area contributed by atoms with Crippen LogP contribution in [0.5, 0.6) is 0 Å². The Morgan fingerprint density at radius 1 is 1.07 bits per heavy atom. The van der Waals surface area contributed by atoms with Gasteiger partial charge in [-0.25, -0.2) is 0 Å². The van der Waals surface area contributed by atoms with Gasteiger partial charge in [0.1, 0.15) is 0 Å². The van der Waals surface area contributed by atoms with E-state index in [-0.39, 0.29) is 29.5 Å². The summed E-state index contributed by atoms with van der Waals surface area (Å²) in [7, 11) is -3.06. The molecule has 0 spiro atoms. The van der Waals surface area contributed by atoms with Gasteiger partial charge in [0.05, 0.1) is 11.8 Å². The van der Waals surface area contributed by atoms with Crippen LogP contribution in [0.15, 0.2) is 0 Å². The number of hydrazine groups is 1. The second-order valence-electron chi connectivity index (χ2n) is 9.11. The lowest BCUT2D eigenvalue weighted by atomic mass is 9.86. The molecule has 2 amide bonds. The van der Waals surface area contributed by atoms with Gasteiger partial charge in [0, 0.05) is 12.5 Å². The molecule has 1 atom stereocenters. The molecule has 0 aromatic rings. The van der Waals surface area contributed by atoms with Crippen molar-refractivity contribution in [3.05, 3.63) is 0 Å². The fourth-order valence-corrected chi connectivity index (χ4v) is 5.15. The number of hydrogen-bond acceptors (Lipinski definition) is 6. The number of carbonyl (C=O) groups excluding carboxylic acids is 3. The zero-order valence-corrected chi connectivity index (χ0v) is 18.0. The van der Waals surface area contributed by atoms with Crippen LogP contribution in [0.4, 0.5) is 0 Å². The predicted molar refractivity (Wildman–Crippen MR) is 109 cm³/mol. The molecule has 8 nitrogen and oxygen atoms in total. The van der Waals surface area contributed by atoms with Gasteiger partial charge in [-0.2, -0.15) is 0 Å². The third-order valence-corrected chi connectivity index (χ3v) is 7.07. The maximum atomic E-state index is 12.8. The van der Waals surface area contributed by atoms with Crippen LogP contribution in [0.1, 0.15) is 72.1 Å². The fraction of sp³-hybridized carbons (Fsp3) is 0.842. The number of Topliss-reactive ketones (excluding diaryl/α,β-unsaturated/α-hetero) is 1. The van der Waals surface area contributed by atoms with Crippen LogP contribution >= 0.6 is 10.8 Å². The molecular formula is C19H35N3O5S. The number of ketones is 1. The van der Waals surface area contributed by atoms with E-state index in [0.717, 1.165) is 42.9 Å². The number of nitrogens with zero attached hydrogens (tertiary/aromatic N) is 1. The lowest BCUT2D eigenvalue weighted by molar-refractivity contribution is -0.142. The molecule has 0 bridgehead atoms. The Kier molecular flexibility index (Phi) is 7.89. The van der Waals surface area contributed by atoms with Gasteiger partial charge in [-0.1, -0.05) is 46.5 Å². The Hall–Kier alpha value is -1.16. The van der Waals surface area contributed by atoms with Crippen LogP contribution in [0, 0.1) is 11.3 Å².